The van der Waals surface area contributed by atoms with E-state index in [1.165, 1.54) is 12.1 Å². The lowest BCUT2D eigenvalue weighted by Crippen LogP contribution is -2.44. The van der Waals surface area contributed by atoms with Crippen LogP contribution in [0.25, 0.3) is 0 Å². The number of nitrogens with zero attached hydrogens (tertiary/aromatic N) is 2. The normalized spacial score (nSPS) is 16.7. The summed E-state index contributed by atoms with van der Waals surface area (Å²) in [4.78, 5) is 28.7. The molecule has 1 aliphatic heterocycles. The van der Waals surface area contributed by atoms with Crippen LogP contribution in [0, 0.1) is 5.82 Å². The zero-order chi connectivity index (χ0) is 19.6. The first-order chi connectivity index (χ1) is 12.8. The first kappa shape index (κ1) is 19.5. The number of amides is 2. The predicted molar refractivity (Wildman–Crippen MR) is 107 cm³/mol. The number of para-hydroxylation sites is 2. The van der Waals surface area contributed by atoms with Crippen LogP contribution in [-0.2, 0) is 16.1 Å². The van der Waals surface area contributed by atoms with Crippen molar-refractivity contribution in [3.8, 4) is 0 Å². The quantitative estimate of drug-likeness (QED) is 0.797. The fourth-order valence-electron chi connectivity index (χ4n) is 3.27. The Bertz CT molecular complexity index is 874. The summed E-state index contributed by atoms with van der Waals surface area (Å²) in [6, 6.07) is 11.6. The van der Waals surface area contributed by atoms with Crippen LogP contribution in [0.1, 0.15) is 18.9 Å². The molecule has 2 aromatic carbocycles. The monoisotopic (exact) mass is 433 g/mol. The Hall–Kier alpha value is -2.25. The molecule has 2 aromatic rings. The van der Waals surface area contributed by atoms with Gasteiger partial charge in [-0.25, -0.2) is 4.39 Å². The molecule has 27 heavy (non-hydrogen) atoms. The topological polar surface area (TPSA) is 52.7 Å². The van der Waals surface area contributed by atoms with Gasteiger partial charge >= 0.3 is 0 Å². The molecule has 0 saturated heterocycles. The summed E-state index contributed by atoms with van der Waals surface area (Å²) in [6.45, 7) is 2.54. The molecular weight excluding hydrogens is 413 g/mol. The summed E-state index contributed by atoms with van der Waals surface area (Å²) < 4.78 is 13.9. The molecule has 7 heteroatoms. The van der Waals surface area contributed by atoms with Gasteiger partial charge in [0.1, 0.15) is 5.82 Å². The molecule has 0 fully saturated rings. The second-order valence-electron chi connectivity index (χ2n) is 6.79. The first-order valence-electron chi connectivity index (χ1n) is 8.68. The lowest BCUT2D eigenvalue weighted by molar-refractivity contribution is -0.120. The van der Waals surface area contributed by atoms with Gasteiger partial charge in [0.2, 0.25) is 11.8 Å². The molecule has 0 radical (unpaired) electrons. The molecule has 0 bridgehead atoms. The van der Waals surface area contributed by atoms with Crippen molar-refractivity contribution in [2.45, 2.75) is 25.9 Å². The van der Waals surface area contributed by atoms with Gasteiger partial charge in [-0.15, -0.1) is 0 Å². The summed E-state index contributed by atoms with van der Waals surface area (Å²) in [5, 5.41) is 2.86. The third-order valence-corrected chi connectivity index (χ3v) is 5.23. The van der Waals surface area contributed by atoms with E-state index < -0.39 is 0 Å². The number of anilines is 2. The number of fused-ring (bicyclic) bond motifs is 1. The van der Waals surface area contributed by atoms with Gasteiger partial charge in [0.25, 0.3) is 0 Å². The van der Waals surface area contributed by atoms with E-state index >= 15 is 0 Å². The summed E-state index contributed by atoms with van der Waals surface area (Å²) in [5.74, 6) is -0.502. The lowest BCUT2D eigenvalue weighted by Gasteiger charge is -2.29. The molecule has 0 aliphatic carbocycles. The summed E-state index contributed by atoms with van der Waals surface area (Å²) >= 11 is 3.36. The van der Waals surface area contributed by atoms with Crippen LogP contribution in [-0.4, -0.2) is 36.3 Å². The van der Waals surface area contributed by atoms with Crippen molar-refractivity contribution in [2.24, 2.45) is 0 Å². The first-order valence-corrected chi connectivity index (χ1v) is 9.48. The van der Waals surface area contributed by atoms with E-state index in [4.69, 9.17) is 0 Å². The fraction of sp³-hybridized carbons (Fsp3) is 0.300. The van der Waals surface area contributed by atoms with E-state index in [0.29, 0.717) is 22.4 Å². The number of rotatable bonds is 4. The number of carbonyl (C=O) groups excluding carboxylic acids is 2. The Balaban J connectivity index is 1.77. The Morgan fingerprint density at radius 1 is 1.33 bits per heavy atom. The molecule has 3 rings (SSSR count). The minimum Gasteiger partial charge on any atom is -0.324 e. The minimum atomic E-state index is -0.309. The molecule has 1 heterocycles. The van der Waals surface area contributed by atoms with Gasteiger partial charge < -0.3 is 10.2 Å². The van der Waals surface area contributed by atoms with Gasteiger partial charge in [-0.3, -0.25) is 14.5 Å². The van der Waals surface area contributed by atoms with Crippen LogP contribution in [0.5, 0.6) is 0 Å². The van der Waals surface area contributed by atoms with Crippen LogP contribution < -0.4 is 10.2 Å². The SMILES string of the molecule is C[C@@H]1CC(=O)Nc2ccccc2N1C(=O)CN(C)Cc1ccc(F)cc1Br. The lowest BCUT2D eigenvalue weighted by atomic mass is 10.1. The highest BCUT2D eigenvalue weighted by atomic mass is 79.9. The average molecular weight is 434 g/mol. The highest BCUT2D eigenvalue weighted by molar-refractivity contribution is 9.10. The summed E-state index contributed by atoms with van der Waals surface area (Å²) in [7, 11) is 1.84. The number of hydrogen-bond acceptors (Lipinski definition) is 3. The molecule has 2 amide bonds. The highest BCUT2D eigenvalue weighted by Crippen LogP contribution is 2.31. The van der Waals surface area contributed by atoms with Crippen molar-refractivity contribution >= 4 is 39.1 Å². The van der Waals surface area contributed by atoms with Crippen molar-refractivity contribution in [2.75, 3.05) is 23.8 Å². The Morgan fingerprint density at radius 3 is 2.81 bits per heavy atom. The molecule has 1 atom stereocenters. The van der Waals surface area contributed by atoms with Gasteiger partial charge in [0.05, 0.1) is 17.9 Å². The number of carbonyl (C=O) groups is 2. The predicted octanol–water partition coefficient (Wildman–Crippen LogP) is 3.78. The molecule has 1 N–H and O–H groups in total. The number of nitrogens with one attached hydrogen (secondary N) is 1. The van der Waals surface area contributed by atoms with Crippen molar-refractivity contribution in [1.29, 1.82) is 0 Å². The number of benzene rings is 2. The van der Waals surface area contributed by atoms with Crippen molar-refractivity contribution in [3.05, 3.63) is 58.3 Å². The maximum atomic E-state index is 13.3. The Kier molecular flexibility index (Phi) is 5.92. The third-order valence-electron chi connectivity index (χ3n) is 4.49. The smallest absolute Gasteiger partial charge is 0.241 e. The van der Waals surface area contributed by atoms with E-state index in [2.05, 4.69) is 21.2 Å². The molecule has 5 nitrogen and oxygen atoms in total. The van der Waals surface area contributed by atoms with Gasteiger partial charge in [-0.2, -0.15) is 0 Å². The Morgan fingerprint density at radius 2 is 2.07 bits per heavy atom. The second kappa shape index (κ2) is 8.19. The zero-order valence-electron chi connectivity index (χ0n) is 15.2. The summed E-state index contributed by atoms with van der Waals surface area (Å²) in [5.41, 5.74) is 2.24. The molecule has 0 aromatic heterocycles. The largest absolute Gasteiger partial charge is 0.324 e. The van der Waals surface area contributed by atoms with Gasteiger partial charge in [0, 0.05) is 23.5 Å². The van der Waals surface area contributed by atoms with Crippen LogP contribution in [0.3, 0.4) is 0 Å². The molecule has 0 saturated carbocycles. The molecule has 0 unspecified atom stereocenters. The highest BCUT2D eigenvalue weighted by Gasteiger charge is 2.29. The maximum Gasteiger partial charge on any atom is 0.241 e. The molecule has 0 spiro atoms. The van der Waals surface area contributed by atoms with Crippen molar-refractivity contribution in [3.63, 3.8) is 0 Å². The molecule has 1 aliphatic rings. The van der Waals surface area contributed by atoms with Crippen LogP contribution in [0.2, 0.25) is 0 Å². The van der Waals surface area contributed by atoms with E-state index in [9.17, 15) is 14.0 Å². The van der Waals surface area contributed by atoms with E-state index in [0.717, 1.165) is 5.56 Å². The molecular formula is C20H21BrFN3O2. The number of hydrogen-bond donors (Lipinski definition) is 1. The van der Waals surface area contributed by atoms with Crippen LogP contribution in [0.15, 0.2) is 46.9 Å². The van der Waals surface area contributed by atoms with Gasteiger partial charge in [0.15, 0.2) is 0 Å². The van der Waals surface area contributed by atoms with Gasteiger partial charge in [-0.05, 0) is 43.8 Å². The minimum absolute atomic E-state index is 0.0906. The van der Waals surface area contributed by atoms with E-state index in [-0.39, 0.29) is 36.6 Å². The van der Waals surface area contributed by atoms with Crippen LogP contribution >= 0.6 is 15.9 Å². The average Bonchev–Trinajstić information content (AvgIpc) is 2.71. The maximum absolute atomic E-state index is 13.3. The second-order valence-corrected chi connectivity index (χ2v) is 7.64. The Labute approximate surface area is 166 Å². The van der Waals surface area contributed by atoms with Gasteiger partial charge in [-0.1, -0.05) is 34.1 Å². The number of likely N-dealkylation sites (N-methyl/N-ethyl adjacent to an activating group) is 1. The number of halogens is 2. The molecule has 142 valence electrons. The van der Waals surface area contributed by atoms with Crippen molar-refractivity contribution in [1.82, 2.24) is 4.90 Å². The zero-order valence-corrected chi connectivity index (χ0v) is 16.8. The standard InChI is InChI=1S/C20H21BrFN3O2/c1-13-9-19(26)23-17-5-3-4-6-18(17)25(13)20(27)12-24(2)11-14-7-8-15(22)10-16(14)21/h3-8,10,13H,9,11-12H2,1-2H3,(H,23,26)/t13-/m1/s1. The van der Waals surface area contributed by atoms with Crippen LogP contribution in [0.4, 0.5) is 15.8 Å². The van der Waals surface area contributed by atoms with E-state index in [1.807, 2.05) is 37.1 Å². The van der Waals surface area contributed by atoms with Crippen molar-refractivity contribution < 1.29 is 14.0 Å². The van der Waals surface area contributed by atoms with E-state index in [1.54, 1.807) is 17.0 Å². The third kappa shape index (κ3) is 4.54. The fourth-order valence-corrected chi connectivity index (χ4v) is 3.75. The summed E-state index contributed by atoms with van der Waals surface area (Å²) in [6.07, 6.45) is 0.244.